The van der Waals surface area contributed by atoms with E-state index in [0.29, 0.717) is 6.61 Å². The predicted molar refractivity (Wildman–Crippen MR) is 56.8 cm³/mol. The van der Waals surface area contributed by atoms with Crippen molar-refractivity contribution in [2.45, 2.75) is 33.1 Å². The van der Waals surface area contributed by atoms with Crippen molar-refractivity contribution in [3.05, 3.63) is 23.8 Å². The summed E-state index contributed by atoms with van der Waals surface area (Å²) in [6, 6.07) is 6.50. The molecule has 0 amide bonds. The number of hydrogen-bond donors (Lipinski definition) is 1. The van der Waals surface area contributed by atoms with Crippen molar-refractivity contribution >= 4 is 0 Å². The standard InChI is InChI=1S/C7H6.C5H12O/c1-5-4-6-2-3-7(5)6;1-2-3-4-5-6/h2-4H,1H3;6H,2-5H2,1H3. The summed E-state index contributed by atoms with van der Waals surface area (Å²) in [5, 5.41) is 8.20. The van der Waals surface area contributed by atoms with Crippen molar-refractivity contribution in [1.29, 1.82) is 0 Å². The van der Waals surface area contributed by atoms with E-state index in [-0.39, 0.29) is 0 Å². The molecule has 0 aromatic rings. The second kappa shape index (κ2) is 5.03. The number of aliphatic hydroxyl groups is 1. The zero-order valence-corrected chi connectivity index (χ0v) is 8.51. The summed E-state index contributed by atoms with van der Waals surface area (Å²) in [6.07, 6.45) is 3.33. The molecule has 2 aliphatic rings. The van der Waals surface area contributed by atoms with E-state index in [2.05, 4.69) is 32.0 Å². The van der Waals surface area contributed by atoms with Crippen LogP contribution in [0, 0.1) is 6.92 Å². The molecule has 0 fully saturated rings. The average Bonchev–Trinajstić information content (AvgIpc) is 2.11. The van der Waals surface area contributed by atoms with Crippen molar-refractivity contribution in [2.24, 2.45) is 0 Å². The fraction of sp³-hybridized carbons (Fsp3) is 0.500. The minimum absolute atomic E-state index is 0.355. The number of rotatable bonds is 3. The summed E-state index contributed by atoms with van der Waals surface area (Å²) in [6.45, 7) is 4.62. The van der Waals surface area contributed by atoms with E-state index in [0.717, 1.165) is 12.8 Å². The van der Waals surface area contributed by atoms with Crippen molar-refractivity contribution in [3.63, 3.8) is 0 Å². The Balaban J connectivity index is 0.000000133. The smallest absolute Gasteiger partial charge is 0.0431 e. The first-order chi connectivity index (χ1) is 6.29. The highest BCUT2D eigenvalue weighted by Gasteiger charge is 2.10. The van der Waals surface area contributed by atoms with E-state index in [9.17, 15) is 0 Å². The number of aryl methyl sites for hydroxylation is 1. The van der Waals surface area contributed by atoms with Gasteiger partial charge in [0, 0.05) is 6.61 Å². The lowest BCUT2D eigenvalue weighted by Gasteiger charge is -2.17. The summed E-state index contributed by atoms with van der Waals surface area (Å²) >= 11 is 0. The van der Waals surface area contributed by atoms with Gasteiger partial charge < -0.3 is 5.11 Å². The van der Waals surface area contributed by atoms with E-state index in [4.69, 9.17) is 5.11 Å². The molecule has 0 saturated heterocycles. The largest absolute Gasteiger partial charge is 0.396 e. The predicted octanol–water partition coefficient (Wildman–Crippen LogP) is 3.14. The van der Waals surface area contributed by atoms with Crippen LogP contribution in [0.5, 0.6) is 0 Å². The molecule has 2 aliphatic carbocycles. The third-order valence-corrected chi connectivity index (χ3v) is 2.30. The van der Waals surface area contributed by atoms with Crippen molar-refractivity contribution in [3.8, 4) is 11.1 Å². The molecule has 0 saturated carbocycles. The van der Waals surface area contributed by atoms with Gasteiger partial charge in [-0.1, -0.05) is 38.0 Å². The lowest BCUT2D eigenvalue weighted by atomic mass is 9.88. The van der Waals surface area contributed by atoms with Gasteiger partial charge in [-0.05, 0) is 30.0 Å². The molecule has 2 rings (SSSR count). The van der Waals surface area contributed by atoms with Crippen LogP contribution in [0.15, 0.2) is 18.2 Å². The van der Waals surface area contributed by atoms with Gasteiger partial charge in [-0.25, -0.2) is 0 Å². The summed E-state index contributed by atoms with van der Waals surface area (Å²) in [4.78, 5) is 0. The Labute approximate surface area is 80.4 Å². The number of benzene rings is 1. The SMILES string of the molecule is CCCCCO.Cc1cc2ccc1-2. The van der Waals surface area contributed by atoms with Crippen molar-refractivity contribution < 1.29 is 5.11 Å². The monoisotopic (exact) mass is 178 g/mol. The summed E-state index contributed by atoms with van der Waals surface area (Å²) in [5.41, 5.74) is 4.36. The number of aliphatic hydroxyl groups excluding tert-OH is 1. The van der Waals surface area contributed by atoms with Crippen LogP contribution in [-0.4, -0.2) is 11.7 Å². The first kappa shape index (κ1) is 10.3. The molecular weight excluding hydrogens is 160 g/mol. The van der Waals surface area contributed by atoms with Gasteiger partial charge in [0.15, 0.2) is 0 Å². The van der Waals surface area contributed by atoms with Gasteiger partial charge in [0.2, 0.25) is 0 Å². The van der Waals surface area contributed by atoms with Crippen LogP contribution in [0.3, 0.4) is 0 Å². The van der Waals surface area contributed by atoms with E-state index in [1.54, 1.807) is 0 Å². The van der Waals surface area contributed by atoms with Gasteiger partial charge in [0.05, 0.1) is 0 Å². The molecule has 1 N–H and O–H groups in total. The fourth-order valence-electron chi connectivity index (χ4n) is 1.34. The zero-order valence-electron chi connectivity index (χ0n) is 8.51. The van der Waals surface area contributed by atoms with Crippen LogP contribution < -0.4 is 0 Å². The van der Waals surface area contributed by atoms with Crippen molar-refractivity contribution in [2.75, 3.05) is 6.61 Å². The van der Waals surface area contributed by atoms with Gasteiger partial charge in [0.1, 0.15) is 0 Å². The molecule has 13 heavy (non-hydrogen) atoms. The third kappa shape index (κ3) is 2.56. The highest BCUT2D eigenvalue weighted by molar-refractivity contribution is 5.80. The van der Waals surface area contributed by atoms with E-state index < -0.39 is 0 Å². The van der Waals surface area contributed by atoms with Gasteiger partial charge in [-0.2, -0.15) is 0 Å². The summed E-state index contributed by atoms with van der Waals surface area (Å²) < 4.78 is 0. The quantitative estimate of drug-likeness (QED) is 0.716. The Morgan fingerprint density at radius 3 is 2.08 bits per heavy atom. The maximum Gasteiger partial charge on any atom is 0.0431 e. The lowest BCUT2D eigenvalue weighted by molar-refractivity contribution is 0.284. The van der Waals surface area contributed by atoms with Crippen LogP contribution in [0.2, 0.25) is 0 Å². The first-order valence-electron chi connectivity index (χ1n) is 5.01. The van der Waals surface area contributed by atoms with Crippen LogP contribution in [-0.2, 0) is 0 Å². The Morgan fingerprint density at radius 1 is 1.23 bits per heavy atom. The molecule has 0 aromatic carbocycles. The zero-order chi connectivity index (χ0) is 9.68. The van der Waals surface area contributed by atoms with E-state index in [1.165, 1.54) is 23.1 Å². The maximum atomic E-state index is 8.20. The number of fused-ring (bicyclic) bond motifs is 1. The highest BCUT2D eigenvalue weighted by Crippen LogP contribution is 2.35. The summed E-state index contributed by atoms with van der Waals surface area (Å²) in [5.74, 6) is 0. The number of unbranched alkanes of at least 4 members (excludes halogenated alkanes) is 2. The van der Waals surface area contributed by atoms with Gasteiger partial charge >= 0.3 is 0 Å². The van der Waals surface area contributed by atoms with Gasteiger partial charge in [-0.3, -0.25) is 0 Å². The minimum atomic E-state index is 0.355. The van der Waals surface area contributed by atoms with E-state index >= 15 is 0 Å². The fourth-order valence-corrected chi connectivity index (χ4v) is 1.34. The number of hydrogen-bond acceptors (Lipinski definition) is 1. The normalized spacial score (nSPS) is 10.4. The second-order valence-corrected chi connectivity index (χ2v) is 3.46. The molecule has 1 nitrogen and oxygen atoms in total. The molecule has 0 bridgehead atoms. The molecule has 0 atom stereocenters. The van der Waals surface area contributed by atoms with Crippen LogP contribution in [0.4, 0.5) is 0 Å². The summed E-state index contributed by atoms with van der Waals surface area (Å²) in [7, 11) is 0. The molecular formula is C12H18O. The van der Waals surface area contributed by atoms with E-state index in [1.807, 2.05) is 0 Å². The molecule has 0 heterocycles. The molecule has 72 valence electrons. The van der Waals surface area contributed by atoms with Crippen LogP contribution >= 0.6 is 0 Å². The Hall–Kier alpha value is -0.820. The molecule has 0 radical (unpaired) electrons. The maximum absolute atomic E-state index is 8.20. The Morgan fingerprint density at radius 2 is 2.00 bits per heavy atom. The molecule has 0 spiro atoms. The lowest BCUT2D eigenvalue weighted by Crippen LogP contribution is -1.93. The van der Waals surface area contributed by atoms with Gasteiger partial charge in [0.25, 0.3) is 0 Å². The highest BCUT2D eigenvalue weighted by atomic mass is 16.2. The molecule has 0 aromatic heterocycles. The first-order valence-corrected chi connectivity index (χ1v) is 5.01. The van der Waals surface area contributed by atoms with Gasteiger partial charge in [-0.15, -0.1) is 0 Å². The molecule has 0 unspecified atom stereocenters. The minimum Gasteiger partial charge on any atom is -0.396 e. The topological polar surface area (TPSA) is 20.2 Å². The Kier molecular flexibility index (Phi) is 3.97. The second-order valence-electron chi connectivity index (χ2n) is 3.46. The Bertz CT molecular complexity index is 262. The van der Waals surface area contributed by atoms with Crippen molar-refractivity contribution in [1.82, 2.24) is 0 Å². The third-order valence-electron chi connectivity index (χ3n) is 2.30. The van der Waals surface area contributed by atoms with Crippen LogP contribution in [0.1, 0.15) is 31.7 Å². The van der Waals surface area contributed by atoms with Crippen LogP contribution in [0.25, 0.3) is 11.1 Å². The molecule has 0 aliphatic heterocycles. The average molecular weight is 178 g/mol. The molecule has 1 heteroatoms.